The third-order valence-electron chi connectivity index (χ3n) is 5.08. The zero-order chi connectivity index (χ0) is 21.3. The van der Waals surface area contributed by atoms with Crippen LogP contribution in [0.15, 0.2) is 72.8 Å². The van der Waals surface area contributed by atoms with Gasteiger partial charge in [-0.05, 0) is 47.9 Å². The van der Waals surface area contributed by atoms with Crippen LogP contribution in [0.2, 0.25) is 0 Å². The quantitative estimate of drug-likeness (QED) is 0.409. The lowest BCUT2D eigenvalue weighted by Crippen LogP contribution is -2.29. The maximum atomic E-state index is 14.1. The normalized spacial score (nSPS) is 18.1. The van der Waals surface area contributed by atoms with E-state index in [1.54, 1.807) is 56.0 Å². The minimum Gasteiger partial charge on any atom is -0.507 e. The van der Waals surface area contributed by atoms with Crippen LogP contribution in [0.25, 0.3) is 5.76 Å². The lowest BCUT2D eigenvalue weighted by atomic mass is 9.95. The number of Topliss-reactive ketones (excluding diaryl/α,β-unsaturated/α-hetero) is 1. The zero-order valence-corrected chi connectivity index (χ0v) is 16.1. The van der Waals surface area contributed by atoms with Crippen LogP contribution in [0.5, 0.6) is 0 Å². The summed E-state index contributed by atoms with van der Waals surface area (Å²) in [6.45, 7) is 1.73. The van der Waals surface area contributed by atoms with Crippen LogP contribution >= 0.6 is 0 Å². The number of rotatable bonds is 4. The molecule has 3 aromatic rings. The van der Waals surface area contributed by atoms with Crippen molar-refractivity contribution in [3.63, 3.8) is 0 Å². The number of likely N-dealkylation sites (tertiary alicyclic amines) is 1. The number of ketones is 1. The summed E-state index contributed by atoms with van der Waals surface area (Å²) in [5.41, 5.74) is 1.81. The molecule has 0 saturated carbocycles. The Balaban J connectivity index is 1.86. The summed E-state index contributed by atoms with van der Waals surface area (Å²) >= 11 is 0. The SMILES string of the molecule is Cc1ccc(C(O)=C2C(=O)C(=O)N(Cc3cccnc3)C2c2ccncc2)cc1F. The molecule has 30 heavy (non-hydrogen) atoms. The summed E-state index contributed by atoms with van der Waals surface area (Å²) in [5, 5.41) is 10.9. The highest BCUT2D eigenvalue weighted by atomic mass is 19.1. The van der Waals surface area contributed by atoms with Gasteiger partial charge in [-0.15, -0.1) is 0 Å². The number of hydrogen-bond donors (Lipinski definition) is 1. The van der Waals surface area contributed by atoms with Gasteiger partial charge >= 0.3 is 0 Å². The second-order valence-electron chi connectivity index (χ2n) is 7.03. The van der Waals surface area contributed by atoms with Gasteiger partial charge < -0.3 is 10.0 Å². The first-order valence-electron chi connectivity index (χ1n) is 9.31. The van der Waals surface area contributed by atoms with E-state index >= 15 is 0 Å². The van der Waals surface area contributed by atoms with Crippen molar-refractivity contribution in [2.24, 2.45) is 0 Å². The predicted octanol–water partition coefficient (Wildman–Crippen LogP) is 3.55. The van der Waals surface area contributed by atoms with Crippen LogP contribution in [0, 0.1) is 12.7 Å². The highest BCUT2D eigenvalue weighted by Gasteiger charge is 2.46. The third kappa shape index (κ3) is 3.45. The Hall–Kier alpha value is -3.87. The summed E-state index contributed by atoms with van der Waals surface area (Å²) in [6, 6.07) is 10.2. The molecule has 1 aliphatic heterocycles. The van der Waals surface area contributed by atoms with Crippen molar-refractivity contribution in [2.45, 2.75) is 19.5 Å². The molecule has 0 aliphatic carbocycles. The van der Waals surface area contributed by atoms with Crippen molar-refractivity contribution in [2.75, 3.05) is 0 Å². The van der Waals surface area contributed by atoms with E-state index in [0.29, 0.717) is 11.1 Å². The second-order valence-corrected chi connectivity index (χ2v) is 7.03. The number of aryl methyl sites for hydroxylation is 1. The zero-order valence-electron chi connectivity index (χ0n) is 16.1. The lowest BCUT2D eigenvalue weighted by Gasteiger charge is -2.25. The number of halogens is 1. The molecular weight excluding hydrogens is 385 g/mol. The van der Waals surface area contributed by atoms with E-state index in [1.807, 2.05) is 0 Å². The molecule has 2 aromatic heterocycles. The molecule has 1 aliphatic rings. The maximum Gasteiger partial charge on any atom is 0.295 e. The smallest absolute Gasteiger partial charge is 0.295 e. The van der Waals surface area contributed by atoms with Crippen molar-refractivity contribution in [1.82, 2.24) is 14.9 Å². The van der Waals surface area contributed by atoms with Gasteiger partial charge in [0, 0.05) is 36.9 Å². The molecule has 6 nitrogen and oxygen atoms in total. The fraction of sp³-hybridized carbons (Fsp3) is 0.130. The van der Waals surface area contributed by atoms with Gasteiger partial charge in [-0.1, -0.05) is 18.2 Å². The van der Waals surface area contributed by atoms with E-state index in [4.69, 9.17) is 0 Å². The first kappa shape index (κ1) is 19.4. The van der Waals surface area contributed by atoms with E-state index in [-0.39, 0.29) is 17.7 Å². The molecule has 4 rings (SSSR count). The molecule has 1 atom stereocenters. The molecule has 0 spiro atoms. The number of carbonyl (C=O) groups is 2. The number of aromatic nitrogens is 2. The van der Waals surface area contributed by atoms with Gasteiger partial charge in [0.1, 0.15) is 11.6 Å². The summed E-state index contributed by atoms with van der Waals surface area (Å²) in [5.74, 6) is -2.49. The Labute approximate surface area is 172 Å². The molecular formula is C23H18FN3O3. The maximum absolute atomic E-state index is 14.1. The molecule has 1 N–H and O–H groups in total. The highest BCUT2D eigenvalue weighted by Crippen LogP contribution is 2.40. The minimum atomic E-state index is -0.836. The fourth-order valence-electron chi connectivity index (χ4n) is 3.52. The number of pyridine rings is 2. The van der Waals surface area contributed by atoms with Gasteiger partial charge in [0.05, 0.1) is 11.6 Å². The Morgan fingerprint density at radius 1 is 1.10 bits per heavy atom. The van der Waals surface area contributed by atoms with Crippen molar-refractivity contribution < 1.29 is 19.1 Å². The van der Waals surface area contributed by atoms with Crippen molar-refractivity contribution >= 4 is 17.4 Å². The fourth-order valence-corrected chi connectivity index (χ4v) is 3.52. The van der Waals surface area contributed by atoms with E-state index in [9.17, 15) is 19.1 Å². The summed E-state index contributed by atoms with van der Waals surface area (Å²) in [7, 11) is 0. The Morgan fingerprint density at radius 2 is 1.87 bits per heavy atom. The van der Waals surface area contributed by atoms with Gasteiger partial charge in [-0.2, -0.15) is 0 Å². The summed E-state index contributed by atoms with van der Waals surface area (Å²) < 4.78 is 14.1. The number of hydrogen-bond acceptors (Lipinski definition) is 5. The minimum absolute atomic E-state index is 0.0849. The monoisotopic (exact) mass is 403 g/mol. The summed E-state index contributed by atoms with van der Waals surface area (Å²) in [6.07, 6.45) is 6.32. The average molecular weight is 403 g/mol. The molecule has 1 fully saturated rings. The number of nitrogens with zero attached hydrogens (tertiary/aromatic N) is 3. The topological polar surface area (TPSA) is 83.4 Å². The standard InChI is InChI=1S/C23H18FN3O3/c1-14-4-5-17(11-18(14)24)21(28)19-20(16-6-9-25-10-7-16)27(23(30)22(19)29)13-15-3-2-8-26-12-15/h2-12,20,28H,13H2,1H3. The van der Waals surface area contributed by atoms with Gasteiger partial charge in [0.25, 0.3) is 11.7 Å². The van der Waals surface area contributed by atoms with Crippen LogP contribution in [-0.4, -0.2) is 31.7 Å². The first-order chi connectivity index (χ1) is 14.5. The molecule has 1 aromatic carbocycles. The van der Waals surface area contributed by atoms with Crippen LogP contribution in [-0.2, 0) is 16.1 Å². The average Bonchev–Trinajstić information content (AvgIpc) is 3.01. The van der Waals surface area contributed by atoms with Crippen LogP contribution in [0.3, 0.4) is 0 Å². The van der Waals surface area contributed by atoms with E-state index in [2.05, 4.69) is 9.97 Å². The van der Waals surface area contributed by atoms with Crippen LogP contribution < -0.4 is 0 Å². The van der Waals surface area contributed by atoms with Crippen LogP contribution in [0.4, 0.5) is 4.39 Å². The van der Waals surface area contributed by atoms with Crippen molar-refractivity contribution in [3.8, 4) is 0 Å². The largest absolute Gasteiger partial charge is 0.507 e. The van der Waals surface area contributed by atoms with Gasteiger partial charge in [-0.3, -0.25) is 19.6 Å². The molecule has 1 unspecified atom stereocenters. The molecule has 150 valence electrons. The first-order valence-corrected chi connectivity index (χ1v) is 9.31. The van der Waals surface area contributed by atoms with Gasteiger partial charge in [0.2, 0.25) is 0 Å². The second kappa shape index (κ2) is 7.87. The van der Waals surface area contributed by atoms with Crippen LogP contribution in [0.1, 0.15) is 28.3 Å². The third-order valence-corrected chi connectivity index (χ3v) is 5.08. The Kier molecular flexibility index (Phi) is 5.10. The number of aliphatic hydroxyl groups excluding tert-OH is 1. The molecule has 1 saturated heterocycles. The van der Waals surface area contributed by atoms with Gasteiger partial charge in [0.15, 0.2) is 0 Å². The highest BCUT2D eigenvalue weighted by molar-refractivity contribution is 6.46. The molecule has 0 bridgehead atoms. The molecule has 1 amide bonds. The Bertz CT molecular complexity index is 1150. The van der Waals surface area contributed by atoms with E-state index < -0.39 is 29.3 Å². The number of aliphatic hydroxyl groups is 1. The number of amides is 1. The summed E-state index contributed by atoms with van der Waals surface area (Å²) in [4.78, 5) is 35.2. The molecule has 7 heteroatoms. The molecule has 3 heterocycles. The molecule has 0 radical (unpaired) electrons. The lowest BCUT2D eigenvalue weighted by molar-refractivity contribution is -0.140. The predicted molar refractivity (Wildman–Crippen MR) is 107 cm³/mol. The van der Waals surface area contributed by atoms with Gasteiger partial charge in [-0.25, -0.2) is 4.39 Å². The Morgan fingerprint density at radius 3 is 2.53 bits per heavy atom. The number of carbonyl (C=O) groups excluding carboxylic acids is 2. The van der Waals surface area contributed by atoms with Crippen molar-refractivity contribution in [1.29, 1.82) is 0 Å². The number of benzene rings is 1. The van der Waals surface area contributed by atoms with E-state index in [1.165, 1.54) is 17.0 Å². The van der Waals surface area contributed by atoms with Crippen molar-refractivity contribution in [3.05, 3.63) is 101 Å². The van der Waals surface area contributed by atoms with E-state index in [0.717, 1.165) is 11.6 Å².